The Kier molecular flexibility index (Phi) is 4.86. The number of esters is 1. The van der Waals surface area contributed by atoms with Crippen molar-refractivity contribution in [3.63, 3.8) is 0 Å². The normalized spacial score (nSPS) is 15.0. The van der Waals surface area contributed by atoms with Gasteiger partial charge in [0.05, 0.1) is 5.69 Å². The second kappa shape index (κ2) is 7.68. The van der Waals surface area contributed by atoms with E-state index in [-0.39, 0.29) is 24.0 Å². The van der Waals surface area contributed by atoms with Gasteiger partial charge in [-0.15, -0.1) is 11.3 Å². The second-order valence-corrected chi connectivity index (χ2v) is 8.53. The van der Waals surface area contributed by atoms with Crippen LogP contribution in [0.1, 0.15) is 38.6 Å². The largest absolute Gasteiger partial charge is 0.451 e. The number of ether oxygens (including phenoxy) is 1. The molecule has 8 heteroatoms. The molecule has 2 aliphatic rings. The van der Waals surface area contributed by atoms with Gasteiger partial charge in [-0.3, -0.25) is 4.79 Å². The molecule has 3 heterocycles. The fourth-order valence-electron chi connectivity index (χ4n) is 4.15. The van der Waals surface area contributed by atoms with Crippen molar-refractivity contribution >= 4 is 23.2 Å². The van der Waals surface area contributed by atoms with Crippen molar-refractivity contribution in [1.29, 1.82) is 0 Å². The van der Waals surface area contributed by atoms with Gasteiger partial charge in [-0.25, -0.2) is 13.9 Å². The maximum absolute atomic E-state index is 13.3. The number of thiophene rings is 1. The maximum atomic E-state index is 13.3. The molecule has 0 atom stereocenters. The summed E-state index contributed by atoms with van der Waals surface area (Å²) in [5.41, 5.74) is 3.92. The number of halogens is 1. The Labute approximate surface area is 176 Å². The lowest BCUT2D eigenvalue weighted by atomic mass is 10.1. The van der Waals surface area contributed by atoms with Crippen LogP contribution in [0.4, 0.5) is 4.39 Å². The summed E-state index contributed by atoms with van der Waals surface area (Å²) in [5, 5.41) is 6.48. The molecule has 0 unspecified atom stereocenters. The SMILES string of the molecule is O=C(OCC(=O)N1CCc2sccc2C1)c1nn(-c2ccc(F)cc2)c2c1CCC2. The van der Waals surface area contributed by atoms with Crippen molar-refractivity contribution in [2.24, 2.45) is 0 Å². The highest BCUT2D eigenvalue weighted by Crippen LogP contribution is 2.28. The smallest absolute Gasteiger partial charge is 0.359 e. The number of rotatable bonds is 4. The van der Waals surface area contributed by atoms with Crippen molar-refractivity contribution in [2.75, 3.05) is 13.2 Å². The Balaban J connectivity index is 1.29. The van der Waals surface area contributed by atoms with E-state index in [9.17, 15) is 14.0 Å². The van der Waals surface area contributed by atoms with E-state index in [1.54, 1.807) is 33.1 Å². The average molecular weight is 425 g/mol. The van der Waals surface area contributed by atoms with Gasteiger partial charge in [-0.05, 0) is 67.0 Å². The van der Waals surface area contributed by atoms with Crippen LogP contribution in [0.3, 0.4) is 0 Å². The van der Waals surface area contributed by atoms with E-state index in [4.69, 9.17) is 4.74 Å². The standard InChI is InChI=1S/C22H20FN3O3S/c23-15-4-6-16(7-5-15)26-18-3-1-2-17(18)21(24-26)22(28)29-13-20(27)25-10-8-19-14(12-25)9-11-30-19/h4-7,9,11H,1-3,8,10,12-13H2. The van der Waals surface area contributed by atoms with Gasteiger partial charge < -0.3 is 9.64 Å². The average Bonchev–Trinajstić information content (AvgIpc) is 3.48. The molecule has 3 aromatic rings. The first kappa shape index (κ1) is 19.0. The van der Waals surface area contributed by atoms with Crippen LogP contribution in [0, 0.1) is 5.82 Å². The maximum Gasteiger partial charge on any atom is 0.359 e. The molecule has 6 nitrogen and oxygen atoms in total. The fourth-order valence-corrected chi connectivity index (χ4v) is 5.04. The van der Waals surface area contributed by atoms with Crippen LogP contribution in [-0.2, 0) is 35.3 Å². The molecule has 1 amide bonds. The van der Waals surface area contributed by atoms with Crippen LogP contribution in [0.15, 0.2) is 35.7 Å². The number of amides is 1. The molecule has 2 aromatic heterocycles. The number of nitrogens with zero attached hydrogens (tertiary/aromatic N) is 3. The minimum Gasteiger partial charge on any atom is -0.451 e. The minimum absolute atomic E-state index is 0.199. The molecule has 0 saturated carbocycles. The van der Waals surface area contributed by atoms with Crippen LogP contribution < -0.4 is 0 Å². The zero-order chi connectivity index (χ0) is 20.7. The monoisotopic (exact) mass is 425 g/mol. The zero-order valence-electron chi connectivity index (χ0n) is 16.3. The highest BCUT2D eigenvalue weighted by Gasteiger charge is 2.29. The molecular weight excluding hydrogens is 405 g/mol. The molecule has 0 fully saturated rings. The Morgan fingerprint density at radius 2 is 1.97 bits per heavy atom. The van der Waals surface area contributed by atoms with E-state index in [1.807, 2.05) is 11.4 Å². The number of carbonyl (C=O) groups excluding carboxylic acids is 2. The lowest BCUT2D eigenvalue weighted by Crippen LogP contribution is -2.38. The van der Waals surface area contributed by atoms with Crippen molar-refractivity contribution in [2.45, 2.75) is 32.2 Å². The molecule has 0 radical (unpaired) electrons. The van der Waals surface area contributed by atoms with Crippen LogP contribution in [0.2, 0.25) is 0 Å². The summed E-state index contributed by atoms with van der Waals surface area (Å²) in [6.07, 6.45) is 3.29. The Morgan fingerprint density at radius 3 is 2.80 bits per heavy atom. The summed E-state index contributed by atoms with van der Waals surface area (Å²) in [5.74, 6) is -1.11. The summed E-state index contributed by atoms with van der Waals surface area (Å²) in [6.45, 7) is 0.902. The summed E-state index contributed by atoms with van der Waals surface area (Å²) < 4.78 is 20.3. The third-order valence-electron chi connectivity index (χ3n) is 5.68. The second-order valence-electron chi connectivity index (χ2n) is 7.53. The van der Waals surface area contributed by atoms with E-state index in [1.165, 1.54) is 22.6 Å². The van der Waals surface area contributed by atoms with Gasteiger partial charge in [0, 0.05) is 29.2 Å². The molecule has 1 aliphatic carbocycles. The summed E-state index contributed by atoms with van der Waals surface area (Å²) >= 11 is 1.71. The summed E-state index contributed by atoms with van der Waals surface area (Å²) in [4.78, 5) is 28.3. The van der Waals surface area contributed by atoms with E-state index >= 15 is 0 Å². The van der Waals surface area contributed by atoms with Crippen LogP contribution in [-0.4, -0.2) is 39.7 Å². The highest BCUT2D eigenvalue weighted by molar-refractivity contribution is 7.10. The molecule has 30 heavy (non-hydrogen) atoms. The first-order valence-electron chi connectivity index (χ1n) is 9.97. The van der Waals surface area contributed by atoms with Crippen LogP contribution in [0.25, 0.3) is 5.69 Å². The van der Waals surface area contributed by atoms with E-state index in [0.717, 1.165) is 36.9 Å². The highest BCUT2D eigenvalue weighted by atomic mass is 32.1. The van der Waals surface area contributed by atoms with Crippen molar-refractivity contribution in [3.8, 4) is 5.69 Å². The van der Waals surface area contributed by atoms with Gasteiger partial charge in [-0.2, -0.15) is 5.10 Å². The van der Waals surface area contributed by atoms with Gasteiger partial charge in [0.2, 0.25) is 0 Å². The molecule has 154 valence electrons. The third kappa shape index (κ3) is 3.41. The third-order valence-corrected chi connectivity index (χ3v) is 6.70. The number of aromatic nitrogens is 2. The number of hydrogen-bond acceptors (Lipinski definition) is 5. The quantitative estimate of drug-likeness (QED) is 0.602. The van der Waals surface area contributed by atoms with Gasteiger partial charge in [0.25, 0.3) is 5.91 Å². The Hall–Kier alpha value is -3.00. The Bertz CT molecular complexity index is 1120. The van der Waals surface area contributed by atoms with Gasteiger partial charge in [0.1, 0.15) is 5.82 Å². The lowest BCUT2D eigenvalue weighted by molar-refractivity contribution is -0.135. The van der Waals surface area contributed by atoms with E-state index < -0.39 is 5.97 Å². The topological polar surface area (TPSA) is 64.4 Å². The predicted octanol–water partition coefficient (Wildman–Crippen LogP) is 3.30. The molecular formula is C22H20FN3O3S. The van der Waals surface area contributed by atoms with Crippen molar-refractivity contribution < 1.29 is 18.7 Å². The minimum atomic E-state index is -0.587. The first-order valence-corrected chi connectivity index (χ1v) is 10.8. The van der Waals surface area contributed by atoms with Gasteiger partial charge in [-0.1, -0.05) is 0 Å². The molecule has 1 aliphatic heterocycles. The number of fused-ring (bicyclic) bond motifs is 2. The molecule has 0 N–H and O–H groups in total. The number of benzene rings is 1. The van der Waals surface area contributed by atoms with Crippen molar-refractivity contribution in [3.05, 3.63) is 68.9 Å². The van der Waals surface area contributed by atoms with E-state index in [2.05, 4.69) is 5.10 Å². The van der Waals surface area contributed by atoms with Crippen LogP contribution >= 0.6 is 11.3 Å². The Morgan fingerprint density at radius 1 is 1.13 bits per heavy atom. The molecule has 0 spiro atoms. The molecule has 1 aromatic carbocycles. The number of carbonyl (C=O) groups is 2. The number of hydrogen-bond donors (Lipinski definition) is 0. The van der Waals surface area contributed by atoms with Gasteiger partial charge in [0.15, 0.2) is 12.3 Å². The molecule has 0 bridgehead atoms. The van der Waals surface area contributed by atoms with E-state index in [0.29, 0.717) is 18.8 Å². The van der Waals surface area contributed by atoms with Crippen LogP contribution in [0.5, 0.6) is 0 Å². The fraction of sp³-hybridized carbons (Fsp3) is 0.318. The first-order chi connectivity index (χ1) is 14.6. The van der Waals surface area contributed by atoms with Gasteiger partial charge >= 0.3 is 5.97 Å². The van der Waals surface area contributed by atoms with Crippen molar-refractivity contribution in [1.82, 2.24) is 14.7 Å². The molecule has 5 rings (SSSR count). The molecule has 0 saturated heterocycles. The lowest BCUT2D eigenvalue weighted by Gasteiger charge is -2.26. The predicted molar refractivity (Wildman–Crippen MR) is 109 cm³/mol. The zero-order valence-corrected chi connectivity index (χ0v) is 17.1. The summed E-state index contributed by atoms with van der Waals surface area (Å²) in [6, 6.07) is 8.04. The summed E-state index contributed by atoms with van der Waals surface area (Å²) in [7, 11) is 0.